The van der Waals surface area contributed by atoms with Crippen LogP contribution in [-0.4, -0.2) is 13.3 Å². The van der Waals surface area contributed by atoms with Gasteiger partial charge in [-0.2, -0.15) is 5.10 Å². The third-order valence-corrected chi connectivity index (χ3v) is 4.15. The second kappa shape index (κ2) is 9.06. The van der Waals surface area contributed by atoms with Crippen molar-refractivity contribution in [2.45, 2.75) is 6.61 Å². The van der Waals surface area contributed by atoms with Crippen LogP contribution in [0.4, 0.5) is 5.69 Å². The lowest BCUT2D eigenvalue weighted by Gasteiger charge is -2.11. The zero-order valence-corrected chi connectivity index (χ0v) is 15.9. The molecule has 1 N–H and O–H groups in total. The van der Waals surface area contributed by atoms with E-state index in [-0.39, 0.29) is 0 Å². The molecule has 3 rings (SSSR count). The van der Waals surface area contributed by atoms with Gasteiger partial charge in [0.15, 0.2) is 11.5 Å². The fraction of sp³-hybridized carbons (Fsp3) is 0.0952. The molecule has 0 heterocycles. The van der Waals surface area contributed by atoms with Crippen LogP contribution in [0.1, 0.15) is 11.1 Å². The summed E-state index contributed by atoms with van der Waals surface area (Å²) in [6.07, 6.45) is 1.75. The Labute approximate surface area is 161 Å². The summed E-state index contributed by atoms with van der Waals surface area (Å²) in [4.78, 5) is 0. The molecular weight excluding hydrogens is 392 g/mol. The number of hydrogen-bond acceptors (Lipinski definition) is 4. The lowest BCUT2D eigenvalue weighted by molar-refractivity contribution is 0.284. The smallest absolute Gasteiger partial charge is 0.162 e. The number of hydrogen-bond donors (Lipinski definition) is 1. The molecule has 0 aromatic heterocycles. The highest BCUT2D eigenvalue weighted by Gasteiger charge is 2.06. The summed E-state index contributed by atoms with van der Waals surface area (Å²) in [5.41, 5.74) is 5.92. The highest BCUT2D eigenvalue weighted by Crippen LogP contribution is 2.28. The summed E-state index contributed by atoms with van der Waals surface area (Å²) in [6, 6.07) is 23.5. The number of methoxy groups -OCH3 is 1. The molecule has 4 nitrogen and oxygen atoms in total. The van der Waals surface area contributed by atoms with Crippen LogP contribution in [0.2, 0.25) is 0 Å². The molecule has 0 spiro atoms. The van der Waals surface area contributed by atoms with E-state index in [1.807, 2.05) is 72.8 Å². The highest BCUT2D eigenvalue weighted by molar-refractivity contribution is 9.10. The number of rotatable bonds is 7. The van der Waals surface area contributed by atoms with Crippen LogP contribution in [0.3, 0.4) is 0 Å². The highest BCUT2D eigenvalue weighted by atomic mass is 79.9. The maximum Gasteiger partial charge on any atom is 0.162 e. The Balaban J connectivity index is 1.69. The van der Waals surface area contributed by atoms with Crippen molar-refractivity contribution >= 4 is 27.8 Å². The minimum atomic E-state index is 0.457. The van der Waals surface area contributed by atoms with E-state index in [2.05, 4.69) is 26.5 Å². The first kappa shape index (κ1) is 18.0. The average molecular weight is 411 g/mol. The van der Waals surface area contributed by atoms with E-state index < -0.39 is 0 Å². The summed E-state index contributed by atoms with van der Waals surface area (Å²) in [6.45, 7) is 0.457. The summed E-state index contributed by atoms with van der Waals surface area (Å²) in [5.74, 6) is 1.37. The topological polar surface area (TPSA) is 42.8 Å². The minimum absolute atomic E-state index is 0.457. The monoisotopic (exact) mass is 410 g/mol. The molecule has 0 bridgehead atoms. The molecule has 0 aliphatic heterocycles. The number of nitrogens with one attached hydrogen (secondary N) is 1. The normalized spacial score (nSPS) is 10.7. The van der Waals surface area contributed by atoms with Gasteiger partial charge in [0.05, 0.1) is 19.0 Å². The van der Waals surface area contributed by atoms with E-state index in [1.54, 1.807) is 13.3 Å². The van der Waals surface area contributed by atoms with Gasteiger partial charge in [-0.1, -0.05) is 46.3 Å². The van der Waals surface area contributed by atoms with Crippen molar-refractivity contribution in [1.82, 2.24) is 0 Å². The molecule has 0 amide bonds. The van der Waals surface area contributed by atoms with Crippen molar-refractivity contribution in [2.75, 3.05) is 12.5 Å². The Kier molecular flexibility index (Phi) is 6.28. The Morgan fingerprint density at radius 1 is 0.962 bits per heavy atom. The molecule has 3 aromatic carbocycles. The molecule has 3 aromatic rings. The number of benzene rings is 3. The van der Waals surface area contributed by atoms with E-state index in [1.165, 1.54) is 0 Å². The molecule has 0 atom stereocenters. The van der Waals surface area contributed by atoms with Crippen LogP contribution >= 0.6 is 15.9 Å². The van der Waals surface area contributed by atoms with Crippen molar-refractivity contribution in [2.24, 2.45) is 5.10 Å². The van der Waals surface area contributed by atoms with Crippen molar-refractivity contribution in [3.05, 3.63) is 88.4 Å². The number of halogens is 1. The quantitative estimate of drug-likeness (QED) is 0.414. The maximum atomic E-state index is 5.95. The molecule has 0 saturated carbocycles. The molecule has 0 fully saturated rings. The molecule has 0 aliphatic rings. The number of hydrazone groups is 1. The first-order valence-electron chi connectivity index (χ1n) is 8.14. The zero-order chi connectivity index (χ0) is 18.2. The van der Waals surface area contributed by atoms with Gasteiger partial charge in [0.1, 0.15) is 6.61 Å². The summed E-state index contributed by atoms with van der Waals surface area (Å²) in [5, 5.41) is 4.26. The summed E-state index contributed by atoms with van der Waals surface area (Å²) < 4.78 is 12.4. The first-order valence-corrected chi connectivity index (χ1v) is 8.93. The molecular formula is C21H19BrN2O2. The van der Waals surface area contributed by atoms with Gasteiger partial charge in [0.25, 0.3) is 0 Å². The fourth-order valence-electron chi connectivity index (χ4n) is 2.37. The van der Waals surface area contributed by atoms with Gasteiger partial charge in [0, 0.05) is 4.47 Å². The molecule has 0 radical (unpaired) electrons. The van der Waals surface area contributed by atoms with Crippen LogP contribution in [-0.2, 0) is 6.61 Å². The van der Waals surface area contributed by atoms with Gasteiger partial charge in [-0.25, -0.2) is 0 Å². The zero-order valence-electron chi connectivity index (χ0n) is 14.4. The SMILES string of the molecule is COc1ccc(C=NNc2ccccc2)cc1OCc1cccc(Br)c1. The molecule has 0 aliphatic carbocycles. The van der Waals surface area contributed by atoms with Crippen molar-refractivity contribution in [3.8, 4) is 11.5 Å². The predicted molar refractivity (Wildman–Crippen MR) is 109 cm³/mol. The van der Waals surface area contributed by atoms with E-state index in [9.17, 15) is 0 Å². The summed E-state index contributed by atoms with van der Waals surface area (Å²) >= 11 is 3.47. The van der Waals surface area contributed by atoms with Gasteiger partial charge in [-0.15, -0.1) is 0 Å². The fourth-order valence-corrected chi connectivity index (χ4v) is 2.81. The first-order chi connectivity index (χ1) is 12.7. The Morgan fingerprint density at radius 3 is 2.58 bits per heavy atom. The Hall–Kier alpha value is -2.79. The number of anilines is 1. The molecule has 132 valence electrons. The van der Waals surface area contributed by atoms with Gasteiger partial charge in [-0.3, -0.25) is 5.43 Å². The molecule has 5 heteroatoms. The predicted octanol–water partition coefficient (Wildman–Crippen LogP) is 5.48. The average Bonchev–Trinajstić information content (AvgIpc) is 2.67. The second-order valence-electron chi connectivity index (χ2n) is 5.56. The third-order valence-electron chi connectivity index (χ3n) is 3.65. The van der Waals surface area contributed by atoms with Gasteiger partial charge < -0.3 is 9.47 Å². The summed E-state index contributed by atoms with van der Waals surface area (Å²) in [7, 11) is 1.63. The van der Waals surface area contributed by atoms with Gasteiger partial charge in [0.2, 0.25) is 0 Å². The van der Waals surface area contributed by atoms with Crippen molar-refractivity contribution < 1.29 is 9.47 Å². The molecule has 0 saturated heterocycles. The van der Waals surface area contributed by atoms with Crippen LogP contribution in [0.15, 0.2) is 82.4 Å². The number of ether oxygens (including phenoxy) is 2. The Morgan fingerprint density at radius 2 is 1.81 bits per heavy atom. The van der Waals surface area contributed by atoms with E-state index >= 15 is 0 Å². The van der Waals surface area contributed by atoms with Crippen molar-refractivity contribution in [3.63, 3.8) is 0 Å². The number of nitrogens with zero attached hydrogens (tertiary/aromatic N) is 1. The van der Waals surface area contributed by atoms with Gasteiger partial charge >= 0.3 is 0 Å². The lowest BCUT2D eigenvalue weighted by Crippen LogP contribution is -1.99. The van der Waals surface area contributed by atoms with Gasteiger partial charge in [-0.05, 0) is 53.6 Å². The second-order valence-corrected chi connectivity index (χ2v) is 6.48. The largest absolute Gasteiger partial charge is 0.493 e. The van der Waals surface area contributed by atoms with Crippen LogP contribution < -0.4 is 14.9 Å². The van der Waals surface area contributed by atoms with E-state index in [0.29, 0.717) is 18.1 Å². The van der Waals surface area contributed by atoms with Crippen LogP contribution in [0.5, 0.6) is 11.5 Å². The van der Waals surface area contributed by atoms with E-state index in [0.717, 1.165) is 21.3 Å². The molecule has 0 unspecified atom stereocenters. The standard InChI is InChI=1S/C21H19BrN2O2/c1-25-20-11-10-16(14-23-24-19-8-3-2-4-9-19)13-21(20)26-15-17-6-5-7-18(22)12-17/h2-14,24H,15H2,1H3. The van der Waals surface area contributed by atoms with Crippen LogP contribution in [0, 0.1) is 0 Å². The minimum Gasteiger partial charge on any atom is -0.493 e. The number of para-hydroxylation sites is 1. The maximum absolute atomic E-state index is 5.95. The van der Waals surface area contributed by atoms with E-state index in [4.69, 9.17) is 9.47 Å². The third kappa shape index (κ3) is 5.10. The Bertz CT molecular complexity index is 882. The van der Waals surface area contributed by atoms with Crippen LogP contribution in [0.25, 0.3) is 0 Å². The molecule has 26 heavy (non-hydrogen) atoms. The van der Waals surface area contributed by atoms with Crippen molar-refractivity contribution in [1.29, 1.82) is 0 Å². The lowest BCUT2D eigenvalue weighted by atomic mass is 10.2.